The Morgan fingerprint density at radius 2 is 2.05 bits per heavy atom. The zero-order valence-electron chi connectivity index (χ0n) is 13.2. The number of carbonyl (C=O) groups excluding carboxylic acids is 1. The topological polar surface area (TPSA) is 45.2 Å². The molecular weight excluding hydrogens is 294 g/mol. The van der Waals surface area contributed by atoms with E-state index in [9.17, 15) is 4.79 Å². The van der Waals surface area contributed by atoms with E-state index >= 15 is 0 Å². The number of aryl methyl sites for hydroxylation is 1. The van der Waals surface area contributed by atoms with Gasteiger partial charge in [0.05, 0.1) is 5.69 Å². The number of amides is 1. The molecule has 5 heteroatoms. The second-order valence-corrected chi connectivity index (χ2v) is 6.42. The van der Waals surface area contributed by atoms with Gasteiger partial charge in [-0.1, -0.05) is 24.3 Å². The summed E-state index contributed by atoms with van der Waals surface area (Å²) in [6, 6.07) is 9.55. The molecule has 2 rings (SSSR count). The largest absolute Gasteiger partial charge is 0.312 e. The van der Waals surface area contributed by atoms with E-state index in [0.29, 0.717) is 5.56 Å². The zero-order chi connectivity index (χ0) is 16.1. The molecule has 0 fully saturated rings. The van der Waals surface area contributed by atoms with Crippen LogP contribution in [0.15, 0.2) is 42.5 Å². The Bertz CT molecular complexity index is 661. The van der Waals surface area contributed by atoms with Gasteiger partial charge in [0.1, 0.15) is 5.00 Å². The number of hydrogen-bond acceptors (Lipinski definition) is 4. The molecule has 0 aliphatic rings. The maximum Gasteiger partial charge on any atom is 0.256 e. The van der Waals surface area contributed by atoms with Crippen LogP contribution in [0.25, 0.3) is 0 Å². The molecule has 0 saturated heterocycles. The third kappa shape index (κ3) is 4.79. The number of rotatable bonds is 6. The normalized spacial score (nSPS) is 10.7. The molecule has 2 aromatic rings. The van der Waals surface area contributed by atoms with Crippen molar-refractivity contribution in [1.82, 2.24) is 9.27 Å². The summed E-state index contributed by atoms with van der Waals surface area (Å²) >= 11 is 1.29. The highest BCUT2D eigenvalue weighted by Crippen LogP contribution is 2.17. The van der Waals surface area contributed by atoms with Crippen LogP contribution < -0.4 is 5.32 Å². The summed E-state index contributed by atoms with van der Waals surface area (Å²) in [5, 5.41) is 3.63. The Hall–Kier alpha value is -1.98. The van der Waals surface area contributed by atoms with Gasteiger partial charge in [0.15, 0.2) is 0 Å². The monoisotopic (exact) mass is 315 g/mol. The van der Waals surface area contributed by atoms with E-state index in [1.54, 1.807) is 0 Å². The maximum absolute atomic E-state index is 12.1. The van der Waals surface area contributed by atoms with E-state index in [4.69, 9.17) is 0 Å². The van der Waals surface area contributed by atoms with Crippen molar-refractivity contribution in [2.24, 2.45) is 0 Å². The first-order valence-electron chi connectivity index (χ1n) is 7.10. The van der Waals surface area contributed by atoms with Crippen molar-refractivity contribution in [1.29, 1.82) is 0 Å². The lowest BCUT2D eigenvalue weighted by atomic mass is 10.1. The Morgan fingerprint density at radius 3 is 2.59 bits per heavy atom. The van der Waals surface area contributed by atoms with Crippen molar-refractivity contribution < 1.29 is 4.79 Å². The van der Waals surface area contributed by atoms with Crippen LogP contribution in [0.3, 0.4) is 0 Å². The molecule has 0 saturated carbocycles. The fraction of sp³-hybridized carbons (Fsp3) is 0.294. The average molecular weight is 315 g/mol. The summed E-state index contributed by atoms with van der Waals surface area (Å²) in [7, 11) is 2.06. The fourth-order valence-electron chi connectivity index (χ4n) is 2.20. The predicted molar refractivity (Wildman–Crippen MR) is 92.4 cm³/mol. The minimum absolute atomic E-state index is 0.106. The summed E-state index contributed by atoms with van der Waals surface area (Å²) in [6.45, 7) is 9.55. The number of nitrogens with one attached hydrogen (secondary N) is 1. The lowest BCUT2D eigenvalue weighted by Crippen LogP contribution is -2.19. The fourth-order valence-corrected chi connectivity index (χ4v) is 2.85. The molecular formula is C17H21N3OS. The van der Waals surface area contributed by atoms with Crippen LogP contribution in [0.1, 0.15) is 28.5 Å². The Balaban J connectivity index is 1.96. The third-order valence-electron chi connectivity index (χ3n) is 3.07. The number of nitrogens with zero attached hydrogens (tertiary/aromatic N) is 2. The highest BCUT2D eigenvalue weighted by molar-refractivity contribution is 7.10. The lowest BCUT2D eigenvalue weighted by Gasteiger charge is -2.16. The maximum atomic E-state index is 12.1. The van der Waals surface area contributed by atoms with Crippen molar-refractivity contribution in [3.05, 3.63) is 59.3 Å². The minimum atomic E-state index is -0.106. The van der Waals surface area contributed by atoms with Gasteiger partial charge in [-0.05, 0) is 56.2 Å². The van der Waals surface area contributed by atoms with Gasteiger partial charge in [0, 0.05) is 18.7 Å². The van der Waals surface area contributed by atoms with Gasteiger partial charge in [0.2, 0.25) is 0 Å². The van der Waals surface area contributed by atoms with Crippen LogP contribution in [0, 0.1) is 6.92 Å². The van der Waals surface area contributed by atoms with Crippen LogP contribution in [-0.4, -0.2) is 28.8 Å². The Kier molecular flexibility index (Phi) is 5.46. The van der Waals surface area contributed by atoms with E-state index in [1.165, 1.54) is 17.1 Å². The second kappa shape index (κ2) is 7.33. The van der Waals surface area contributed by atoms with Crippen molar-refractivity contribution >= 4 is 22.4 Å². The van der Waals surface area contributed by atoms with Gasteiger partial charge in [0.25, 0.3) is 5.91 Å². The Morgan fingerprint density at radius 1 is 1.36 bits per heavy atom. The van der Waals surface area contributed by atoms with Crippen LogP contribution in [0.4, 0.5) is 5.00 Å². The molecule has 22 heavy (non-hydrogen) atoms. The van der Waals surface area contributed by atoms with Crippen molar-refractivity contribution in [2.75, 3.05) is 18.9 Å². The van der Waals surface area contributed by atoms with Gasteiger partial charge < -0.3 is 5.32 Å². The molecule has 4 nitrogen and oxygen atoms in total. The van der Waals surface area contributed by atoms with Crippen LogP contribution >= 0.6 is 11.5 Å². The number of likely N-dealkylation sites (N-methyl/N-ethyl adjacent to an activating group) is 1. The number of aromatic nitrogens is 1. The summed E-state index contributed by atoms with van der Waals surface area (Å²) in [5.74, 6) is -0.106. The molecule has 116 valence electrons. The molecule has 1 aromatic carbocycles. The highest BCUT2D eigenvalue weighted by atomic mass is 32.1. The molecule has 0 unspecified atom stereocenters. The smallest absolute Gasteiger partial charge is 0.256 e. The zero-order valence-corrected chi connectivity index (χ0v) is 14.0. The van der Waals surface area contributed by atoms with Crippen molar-refractivity contribution in [3.63, 3.8) is 0 Å². The number of carbonyl (C=O) groups is 1. The molecule has 0 aliphatic carbocycles. The van der Waals surface area contributed by atoms with Crippen LogP contribution in [0.2, 0.25) is 0 Å². The molecule has 1 N–H and O–H groups in total. The van der Waals surface area contributed by atoms with Gasteiger partial charge in [-0.15, -0.1) is 0 Å². The number of anilines is 1. The highest BCUT2D eigenvalue weighted by Gasteiger charge is 2.08. The Labute approximate surface area is 135 Å². The van der Waals surface area contributed by atoms with Crippen molar-refractivity contribution in [3.8, 4) is 0 Å². The van der Waals surface area contributed by atoms with Crippen LogP contribution in [0.5, 0.6) is 0 Å². The molecule has 0 spiro atoms. The van der Waals surface area contributed by atoms with Gasteiger partial charge >= 0.3 is 0 Å². The first kappa shape index (κ1) is 16.4. The lowest BCUT2D eigenvalue weighted by molar-refractivity contribution is 0.102. The van der Waals surface area contributed by atoms with E-state index in [2.05, 4.69) is 28.2 Å². The summed E-state index contributed by atoms with van der Waals surface area (Å²) in [4.78, 5) is 14.3. The number of hydrogen-bond donors (Lipinski definition) is 1. The molecule has 0 atom stereocenters. The third-order valence-corrected chi connectivity index (χ3v) is 3.87. The molecule has 0 bridgehead atoms. The SMILES string of the molecule is C=C(C)CN(C)Cc1ccc(C(=O)Nc2cc(C)ns2)cc1. The quantitative estimate of drug-likeness (QED) is 0.827. The minimum Gasteiger partial charge on any atom is -0.312 e. The molecule has 1 amide bonds. The van der Waals surface area contributed by atoms with Gasteiger partial charge in [-0.2, -0.15) is 4.37 Å². The molecule has 1 aromatic heterocycles. The molecule has 1 heterocycles. The van der Waals surface area contributed by atoms with E-state index < -0.39 is 0 Å². The molecule has 0 radical (unpaired) electrons. The summed E-state index contributed by atoms with van der Waals surface area (Å²) < 4.78 is 4.15. The average Bonchev–Trinajstić information content (AvgIpc) is 2.83. The molecule has 0 aliphatic heterocycles. The summed E-state index contributed by atoms with van der Waals surface area (Å²) in [5.41, 5.74) is 3.88. The van der Waals surface area contributed by atoms with Gasteiger partial charge in [-0.25, -0.2) is 0 Å². The van der Waals surface area contributed by atoms with Crippen molar-refractivity contribution in [2.45, 2.75) is 20.4 Å². The van der Waals surface area contributed by atoms with E-state index in [-0.39, 0.29) is 5.91 Å². The first-order chi connectivity index (χ1) is 10.4. The first-order valence-corrected chi connectivity index (χ1v) is 7.88. The second-order valence-electron chi connectivity index (χ2n) is 5.61. The van der Waals surface area contributed by atoms with E-state index in [0.717, 1.165) is 29.4 Å². The van der Waals surface area contributed by atoms with E-state index in [1.807, 2.05) is 44.2 Å². The van der Waals surface area contributed by atoms with Gasteiger partial charge in [-0.3, -0.25) is 9.69 Å². The standard InChI is InChI=1S/C17H21N3OS/c1-12(2)10-20(4)11-14-5-7-15(8-6-14)17(21)18-16-9-13(3)19-22-16/h5-9H,1,10-11H2,2-4H3,(H,18,21). The van der Waals surface area contributed by atoms with Crippen LogP contribution in [-0.2, 0) is 6.54 Å². The predicted octanol–water partition coefficient (Wildman–Crippen LogP) is 3.71. The number of benzene rings is 1. The summed E-state index contributed by atoms with van der Waals surface area (Å²) in [6.07, 6.45) is 0.